The molecule has 0 amide bonds. The molecule has 5 aromatic carbocycles. The second-order valence-electron chi connectivity index (χ2n) is 20.3. The molecule has 302 valence electrons. The summed E-state index contributed by atoms with van der Waals surface area (Å²) in [7, 11) is 6.76. The Morgan fingerprint density at radius 1 is 0.431 bits per heavy atom. The van der Waals surface area contributed by atoms with Crippen molar-refractivity contribution in [3.63, 3.8) is 0 Å². The SMILES string of the molecule is [B]c1ccc2c(c1)C(CCCCCCCC)(CCCCCCCC)c1cc3c(cc1-2)C(c1ccc(C(C)(C)C)cc1)(c1ccc(C(C)(C)C)cc1)c1cc(C)ccc1-3. The van der Waals surface area contributed by atoms with Gasteiger partial charge in [-0.1, -0.05) is 228 Å². The lowest BCUT2D eigenvalue weighted by atomic mass is 9.66. The fraction of sp³-hybridized carbons (Fsp3) is 0.474. The highest BCUT2D eigenvalue weighted by Crippen LogP contribution is 2.62. The third-order valence-corrected chi connectivity index (χ3v) is 14.1. The van der Waals surface area contributed by atoms with Gasteiger partial charge in [-0.2, -0.15) is 0 Å². The van der Waals surface area contributed by atoms with Crippen molar-refractivity contribution in [3.05, 3.63) is 147 Å². The van der Waals surface area contributed by atoms with Crippen LogP contribution >= 0.6 is 0 Å². The van der Waals surface area contributed by atoms with E-state index in [1.54, 1.807) is 5.56 Å². The molecule has 1 heteroatoms. The molecule has 0 spiro atoms. The Labute approximate surface area is 355 Å². The Morgan fingerprint density at radius 2 is 0.845 bits per heavy atom. The zero-order valence-electron chi connectivity index (χ0n) is 37.7. The van der Waals surface area contributed by atoms with Gasteiger partial charge in [0.2, 0.25) is 0 Å². The first-order valence-electron chi connectivity index (χ1n) is 23.2. The summed E-state index contributed by atoms with van der Waals surface area (Å²) in [6.07, 6.45) is 18.1. The molecule has 2 radical (unpaired) electrons. The van der Waals surface area contributed by atoms with Crippen LogP contribution in [0, 0.1) is 6.92 Å². The molecule has 0 nitrogen and oxygen atoms in total. The molecule has 0 saturated carbocycles. The van der Waals surface area contributed by atoms with Gasteiger partial charge in [-0.05, 0) is 109 Å². The lowest BCUT2D eigenvalue weighted by molar-refractivity contribution is 0.398. The molecule has 58 heavy (non-hydrogen) atoms. The van der Waals surface area contributed by atoms with Crippen LogP contribution in [0.4, 0.5) is 0 Å². The highest BCUT2D eigenvalue weighted by Gasteiger charge is 2.50. The van der Waals surface area contributed by atoms with Crippen molar-refractivity contribution in [2.75, 3.05) is 0 Å². The van der Waals surface area contributed by atoms with Crippen LogP contribution in [0.15, 0.2) is 97.1 Å². The van der Waals surface area contributed by atoms with Crippen molar-refractivity contribution in [2.24, 2.45) is 0 Å². The molecule has 0 bridgehead atoms. The van der Waals surface area contributed by atoms with Crippen molar-refractivity contribution >= 4 is 13.3 Å². The first-order chi connectivity index (χ1) is 27.8. The van der Waals surface area contributed by atoms with Gasteiger partial charge in [-0.3, -0.25) is 0 Å². The Balaban J connectivity index is 1.48. The smallest absolute Gasteiger partial charge is 0.0963 e. The normalized spacial score (nSPS) is 14.9. The Hall–Kier alpha value is -3.84. The molecule has 0 aliphatic heterocycles. The second kappa shape index (κ2) is 17.0. The maximum atomic E-state index is 6.76. The molecule has 0 aromatic heterocycles. The summed E-state index contributed by atoms with van der Waals surface area (Å²) < 4.78 is 0. The Morgan fingerprint density at radius 3 is 1.36 bits per heavy atom. The number of unbranched alkanes of at least 4 members (excludes halogenated alkanes) is 10. The molecular formula is C57H71B. The largest absolute Gasteiger partial charge is 0.113 e. The molecular weight excluding hydrogens is 695 g/mol. The van der Waals surface area contributed by atoms with Crippen LogP contribution in [0.1, 0.15) is 195 Å². The number of rotatable bonds is 16. The predicted octanol–water partition coefficient (Wildman–Crippen LogP) is 15.5. The molecule has 0 saturated heterocycles. The number of aryl methyl sites for hydroxylation is 1. The van der Waals surface area contributed by atoms with Gasteiger partial charge in [-0.15, -0.1) is 0 Å². The van der Waals surface area contributed by atoms with Crippen LogP contribution in [-0.4, -0.2) is 7.85 Å². The molecule has 0 unspecified atom stereocenters. The highest BCUT2D eigenvalue weighted by atomic mass is 14.5. The average molecular weight is 767 g/mol. The van der Waals surface area contributed by atoms with Gasteiger partial charge >= 0.3 is 0 Å². The summed E-state index contributed by atoms with van der Waals surface area (Å²) in [5.74, 6) is 0. The maximum Gasteiger partial charge on any atom is 0.113 e. The molecule has 0 fully saturated rings. The minimum Gasteiger partial charge on any atom is -0.0963 e. The Kier molecular flexibility index (Phi) is 12.4. The van der Waals surface area contributed by atoms with Gasteiger partial charge in [-0.25, -0.2) is 0 Å². The molecule has 0 heterocycles. The molecule has 2 aliphatic carbocycles. The van der Waals surface area contributed by atoms with E-state index in [0.717, 1.165) is 5.46 Å². The maximum absolute atomic E-state index is 6.76. The standard InChI is InChI=1S/C57H71B/c1-10-12-14-16-18-20-34-56(35-21-19-17-15-13-11-2)50-37-45(58)31-33-46(50)48-39-53-49(38-51(48)56)47-32-22-40(3)36-52(47)57(53,43-27-23-41(24-28-43)54(4,5)6)44-29-25-42(26-30-44)55(7,8)9/h22-33,36-39H,10-21,34-35H2,1-9H3. The van der Waals surface area contributed by atoms with E-state index < -0.39 is 5.41 Å². The lowest BCUT2D eigenvalue weighted by Gasteiger charge is -2.36. The summed E-state index contributed by atoms with van der Waals surface area (Å²) in [6, 6.07) is 38.9. The van der Waals surface area contributed by atoms with Crippen molar-refractivity contribution in [1.82, 2.24) is 0 Å². The fourth-order valence-electron chi connectivity index (χ4n) is 10.7. The van der Waals surface area contributed by atoms with Gasteiger partial charge in [0.1, 0.15) is 7.85 Å². The van der Waals surface area contributed by atoms with E-state index in [-0.39, 0.29) is 16.2 Å². The van der Waals surface area contributed by atoms with Gasteiger partial charge in [0.05, 0.1) is 5.41 Å². The van der Waals surface area contributed by atoms with Gasteiger partial charge in [0.15, 0.2) is 0 Å². The van der Waals surface area contributed by atoms with Crippen LogP contribution in [-0.2, 0) is 21.7 Å². The number of benzene rings is 5. The molecule has 5 aromatic rings. The van der Waals surface area contributed by atoms with Gasteiger partial charge < -0.3 is 0 Å². The zero-order valence-corrected chi connectivity index (χ0v) is 37.7. The van der Waals surface area contributed by atoms with E-state index in [0.29, 0.717) is 0 Å². The third-order valence-electron chi connectivity index (χ3n) is 14.1. The summed E-state index contributed by atoms with van der Waals surface area (Å²) >= 11 is 0. The third kappa shape index (κ3) is 7.82. The van der Waals surface area contributed by atoms with Gasteiger partial charge in [0.25, 0.3) is 0 Å². The number of hydrogen-bond acceptors (Lipinski definition) is 0. The van der Waals surface area contributed by atoms with E-state index in [4.69, 9.17) is 7.85 Å². The summed E-state index contributed by atoms with van der Waals surface area (Å²) in [6.45, 7) is 20.8. The first kappa shape index (κ1) is 42.3. The van der Waals surface area contributed by atoms with E-state index in [1.807, 2.05) is 0 Å². The molecule has 7 rings (SSSR count). The lowest BCUT2D eigenvalue weighted by Crippen LogP contribution is -2.29. The number of fused-ring (bicyclic) bond motifs is 6. The fourth-order valence-corrected chi connectivity index (χ4v) is 10.7. The van der Waals surface area contributed by atoms with Gasteiger partial charge in [0, 0.05) is 5.41 Å². The highest BCUT2D eigenvalue weighted by molar-refractivity contribution is 6.32. The van der Waals surface area contributed by atoms with E-state index in [9.17, 15) is 0 Å². The van der Waals surface area contributed by atoms with E-state index in [2.05, 4.69) is 159 Å². The number of hydrogen-bond donors (Lipinski definition) is 0. The summed E-state index contributed by atoms with van der Waals surface area (Å²) in [5, 5.41) is 0. The minimum absolute atomic E-state index is 0.0383. The van der Waals surface area contributed by atoms with Crippen molar-refractivity contribution in [3.8, 4) is 22.3 Å². The monoisotopic (exact) mass is 767 g/mol. The zero-order chi connectivity index (χ0) is 41.3. The van der Waals surface area contributed by atoms with Crippen LogP contribution < -0.4 is 5.46 Å². The van der Waals surface area contributed by atoms with E-state index in [1.165, 1.54) is 157 Å². The van der Waals surface area contributed by atoms with Crippen molar-refractivity contribution in [2.45, 2.75) is 174 Å². The Bertz CT molecular complexity index is 2110. The van der Waals surface area contributed by atoms with Crippen LogP contribution in [0.3, 0.4) is 0 Å². The van der Waals surface area contributed by atoms with Crippen LogP contribution in [0.2, 0.25) is 0 Å². The van der Waals surface area contributed by atoms with Crippen LogP contribution in [0.25, 0.3) is 22.3 Å². The topological polar surface area (TPSA) is 0 Å². The van der Waals surface area contributed by atoms with Crippen molar-refractivity contribution < 1.29 is 0 Å². The average Bonchev–Trinajstić information content (AvgIpc) is 3.62. The second-order valence-corrected chi connectivity index (χ2v) is 20.3. The quantitative estimate of drug-likeness (QED) is 0.0680. The van der Waals surface area contributed by atoms with Crippen molar-refractivity contribution in [1.29, 1.82) is 0 Å². The predicted molar refractivity (Wildman–Crippen MR) is 253 cm³/mol. The summed E-state index contributed by atoms with van der Waals surface area (Å²) in [5.41, 5.74) is 18.7. The molecule has 0 N–H and O–H groups in total. The minimum atomic E-state index is -0.462. The molecule has 0 atom stereocenters. The first-order valence-corrected chi connectivity index (χ1v) is 23.2. The van der Waals surface area contributed by atoms with E-state index >= 15 is 0 Å². The molecule has 2 aliphatic rings. The summed E-state index contributed by atoms with van der Waals surface area (Å²) in [4.78, 5) is 0. The van der Waals surface area contributed by atoms with Crippen LogP contribution in [0.5, 0.6) is 0 Å².